The number of carbonyl (C=O) groups excluding carboxylic acids is 1. The first kappa shape index (κ1) is 14.0. The van der Waals surface area contributed by atoms with Gasteiger partial charge in [-0.25, -0.2) is 0 Å². The van der Waals surface area contributed by atoms with Gasteiger partial charge in [0, 0.05) is 32.1 Å². The minimum atomic E-state index is -0.0217. The third kappa shape index (κ3) is 3.99. The lowest BCUT2D eigenvalue weighted by atomic mass is 10.2. The van der Waals surface area contributed by atoms with Gasteiger partial charge in [0.1, 0.15) is 5.82 Å². The van der Waals surface area contributed by atoms with Crippen LogP contribution in [-0.2, 0) is 16.6 Å². The number of nitrogens with zero attached hydrogens (tertiary/aromatic N) is 2. The molecule has 1 atom stereocenters. The van der Waals surface area contributed by atoms with Crippen LogP contribution in [0.5, 0.6) is 0 Å². The monoisotopic (exact) mass is 260 g/mol. The van der Waals surface area contributed by atoms with Crippen molar-refractivity contribution in [3.63, 3.8) is 0 Å². The highest BCUT2D eigenvalue weighted by Crippen LogP contribution is 2.06. The van der Waals surface area contributed by atoms with E-state index in [1.54, 1.807) is 24.0 Å². The molecule has 96 valence electrons. The van der Waals surface area contributed by atoms with E-state index in [4.69, 9.17) is 4.74 Å². The lowest BCUT2D eigenvalue weighted by Crippen LogP contribution is -2.43. The normalized spacial score (nSPS) is 19.5. The number of nitrogens with one attached hydrogen (secondary N) is 2. The molecule has 6 nitrogen and oxygen atoms in total. The number of halogens is 1. The van der Waals surface area contributed by atoms with Crippen LogP contribution in [0.4, 0.5) is 5.82 Å². The van der Waals surface area contributed by atoms with E-state index in [2.05, 4.69) is 15.7 Å². The van der Waals surface area contributed by atoms with Crippen LogP contribution in [0.2, 0.25) is 0 Å². The molecule has 2 rings (SSSR count). The maximum absolute atomic E-state index is 11.7. The van der Waals surface area contributed by atoms with Crippen molar-refractivity contribution in [2.45, 2.75) is 12.5 Å². The summed E-state index contributed by atoms with van der Waals surface area (Å²) in [6, 6.07) is 1.88. The van der Waals surface area contributed by atoms with E-state index in [1.807, 2.05) is 0 Å². The average molecular weight is 261 g/mol. The van der Waals surface area contributed by atoms with Crippen LogP contribution in [0.3, 0.4) is 0 Å². The molecule has 0 radical (unpaired) electrons. The quantitative estimate of drug-likeness (QED) is 0.812. The molecular formula is C10H17ClN4O2. The van der Waals surface area contributed by atoms with Gasteiger partial charge in [-0.1, -0.05) is 0 Å². The first-order valence-corrected chi connectivity index (χ1v) is 5.34. The Bertz CT molecular complexity index is 363. The van der Waals surface area contributed by atoms with Crippen LogP contribution in [0.1, 0.15) is 6.42 Å². The summed E-state index contributed by atoms with van der Waals surface area (Å²) in [5.74, 6) is 0.688. The molecule has 0 saturated carbocycles. The Hall–Kier alpha value is -1.11. The van der Waals surface area contributed by atoms with E-state index in [0.29, 0.717) is 18.8 Å². The number of anilines is 1. The molecule has 1 unspecified atom stereocenters. The summed E-state index contributed by atoms with van der Waals surface area (Å²) in [6.45, 7) is 2.13. The first-order valence-electron chi connectivity index (χ1n) is 5.34. The molecule has 1 amide bonds. The van der Waals surface area contributed by atoms with Crippen LogP contribution >= 0.6 is 12.4 Å². The molecule has 2 N–H and O–H groups in total. The van der Waals surface area contributed by atoms with Crippen molar-refractivity contribution in [1.29, 1.82) is 0 Å². The first-order chi connectivity index (χ1) is 7.75. The predicted octanol–water partition coefficient (Wildman–Crippen LogP) is 0.159. The fourth-order valence-electron chi connectivity index (χ4n) is 1.67. The van der Waals surface area contributed by atoms with Gasteiger partial charge in [0.25, 0.3) is 0 Å². The molecule has 1 saturated heterocycles. The number of carbonyl (C=O) groups is 1. The zero-order valence-corrected chi connectivity index (χ0v) is 10.5. The van der Waals surface area contributed by atoms with Crippen molar-refractivity contribution in [1.82, 2.24) is 15.1 Å². The maximum Gasteiger partial charge on any atom is 0.227 e. The van der Waals surface area contributed by atoms with Crippen LogP contribution in [0.15, 0.2) is 12.3 Å². The summed E-state index contributed by atoms with van der Waals surface area (Å²) in [5.41, 5.74) is 0. The molecule has 7 heteroatoms. The van der Waals surface area contributed by atoms with Crippen molar-refractivity contribution < 1.29 is 9.53 Å². The number of amides is 1. The van der Waals surface area contributed by atoms with E-state index in [1.165, 1.54) is 0 Å². The number of morpholine rings is 1. The van der Waals surface area contributed by atoms with Crippen molar-refractivity contribution in [2.24, 2.45) is 7.05 Å². The summed E-state index contributed by atoms with van der Waals surface area (Å²) >= 11 is 0. The van der Waals surface area contributed by atoms with Gasteiger partial charge < -0.3 is 15.4 Å². The van der Waals surface area contributed by atoms with Crippen LogP contribution < -0.4 is 10.6 Å². The summed E-state index contributed by atoms with van der Waals surface area (Å²) < 4.78 is 6.91. The molecule has 0 aliphatic carbocycles. The average Bonchev–Trinajstić information content (AvgIpc) is 2.66. The van der Waals surface area contributed by atoms with Gasteiger partial charge in [-0.05, 0) is 0 Å². The van der Waals surface area contributed by atoms with E-state index in [0.717, 1.165) is 13.2 Å². The third-order valence-corrected chi connectivity index (χ3v) is 2.52. The topological polar surface area (TPSA) is 68.2 Å². The lowest BCUT2D eigenvalue weighted by molar-refractivity contribution is -0.117. The minimum Gasteiger partial charge on any atom is -0.378 e. The van der Waals surface area contributed by atoms with Gasteiger partial charge in [-0.3, -0.25) is 9.48 Å². The lowest BCUT2D eigenvalue weighted by Gasteiger charge is -2.23. The van der Waals surface area contributed by atoms with Crippen LogP contribution in [-0.4, -0.2) is 41.5 Å². The van der Waals surface area contributed by atoms with Crippen molar-refractivity contribution in [3.8, 4) is 0 Å². The molecule has 1 aliphatic rings. The van der Waals surface area contributed by atoms with Gasteiger partial charge in [0.15, 0.2) is 0 Å². The molecule has 1 aromatic rings. The van der Waals surface area contributed by atoms with E-state index >= 15 is 0 Å². The highest BCUT2D eigenvalue weighted by atomic mass is 35.5. The van der Waals surface area contributed by atoms with Crippen LogP contribution in [0, 0.1) is 0 Å². The summed E-state index contributed by atoms with van der Waals surface area (Å²) in [5, 5.41) is 10.0. The molecule has 0 aromatic carbocycles. The summed E-state index contributed by atoms with van der Waals surface area (Å²) in [4.78, 5) is 11.7. The smallest absolute Gasteiger partial charge is 0.227 e. The Kier molecular flexibility index (Phi) is 5.40. The molecule has 1 aromatic heterocycles. The Labute approximate surface area is 106 Å². The SMILES string of the molecule is Cl.Cn1nccc1NC(=O)CC1COCCN1. The number of rotatable bonds is 3. The van der Waals surface area contributed by atoms with E-state index in [-0.39, 0.29) is 24.4 Å². The number of aryl methyl sites for hydroxylation is 1. The number of hydrogen-bond acceptors (Lipinski definition) is 4. The standard InChI is InChI=1S/C10H16N4O2.ClH/c1-14-9(2-3-12-14)13-10(15)6-8-7-16-5-4-11-8;/h2-3,8,11H,4-7H2,1H3,(H,13,15);1H. The highest BCUT2D eigenvalue weighted by Gasteiger charge is 2.17. The van der Waals surface area contributed by atoms with Gasteiger partial charge in [-0.2, -0.15) is 5.10 Å². The Balaban J connectivity index is 0.00000144. The minimum absolute atomic E-state index is 0. The number of ether oxygens (including phenoxy) is 1. The fraction of sp³-hybridized carbons (Fsp3) is 0.600. The molecule has 1 aliphatic heterocycles. The Morgan fingerprint density at radius 1 is 1.76 bits per heavy atom. The molecule has 2 heterocycles. The predicted molar refractivity (Wildman–Crippen MR) is 66.3 cm³/mol. The zero-order valence-electron chi connectivity index (χ0n) is 9.68. The number of hydrogen-bond donors (Lipinski definition) is 2. The maximum atomic E-state index is 11.7. The Morgan fingerprint density at radius 3 is 3.18 bits per heavy atom. The second-order valence-electron chi connectivity index (χ2n) is 3.82. The largest absolute Gasteiger partial charge is 0.378 e. The number of aromatic nitrogens is 2. The van der Waals surface area contributed by atoms with Crippen molar-refractivity contribution >= 4 is 24.1 Å². The zero-order chi connectivity index (χ0) is 11.4. The van der Waals surface area contributed by atoms with E-state index < -0.39 is 0 Å². The van der Waals surface area contributed by atoms with E-state index in [9.17, 15) is 4.79 Å². The third-order valence-electron chi connectivity index (χ3n) is 2.52. The molecule has 17 heavy (non-hydrogen) atoms. The second-order valence-corrected chi connectivity index (χ2v) is 3.82. The van der Waals surface area contributed by atoms with Crippen molar-refractivity contribution in [3.05, 3.63) is 12.3 Å². The summed E-state index contributed by atoms with van der Waals surface area (Å²) in [6.07, 6.45) is 2.07. The highest BCUT2D eigenvalue weighted by molar-refractivity contribution is 5.90. The fourth-order valence-corrected chi connectivity index (χ4v) is 1.67. The van der Waals surface area contributed by atoms with Crippen molar-refractivity contribution in [2.75, 3.05) is 25.1 Å². The molecular weight excluding hydrogens is 244 g/mol. The van der Waals surface area contributed by atoms with Gasteiger partial charge in [0.05, 0.1) is 19.4 Å². The molecule has 1 fully saturated rings. The van der Waals surface area contributed by atoms with Gasteiger partial charge in [-0.15, -0.1) is 12.4 Å². The second kappa shape index (κ2) is 6.58. The van der Waals surface area contributed by atoms with Gasteiger partial charge in [0.2, 0.25) is 5.91 Å². The Morgan fingerprint density at radius 2 is 2.59 bits per heavy atom. The molecule has 0 spiro atoms. The molecule has 0 bridgehead atoms. The van der Waals surface area contributed by atoms with Crippen LogP contribution in [0.25, 0.3) is 0 Å². The van der Waals surface area contributed by atoms with Gasteiger partial charge >= 0.3 is 0 Å². The summed E-state index contributed by atoms with van der Waals surface area (Å²) in [7, 11) is 1.79.